The van der Waals surface area contributed by atoms with Gasteiger partial charge in [0.25, 0.3) is 0 Å². The SMILES string of the molecule is CCN(CC)C(C#N)c1cscn1. The fourth-order valence-corrected chi connectivity index (χ4v) is 1.85. The highest BCUT2D eigenvalue weighted by atomic mass is 32.1. The summed E-state index contributed by atoms with van der Waals surface area (Å²) in [7, 11) is 0. The molecule has 4 heteroatoms. The Hall–Kier alpha value is -0.920. The Morgan fingerprint density at radius 3 is 2.69 bits per heavy atom. The summed E-state index contributed by atoms with van der Waals surface area (Å²) in [5, 5.41) is 10.9. The Morgan fingerprint density at radius 1 is 1.62 bits per heavy atom. The van der Waals surface area contributed by atoms with Gasteiger partial charge in [0.2, 0.25) is 0 Å². The summed E-state index contributed by atoms with van der Waals surface area (Å²) in [5.41, 5.74) is 2.64. The second-order valence-corrected chi connectivity index (χ2v) is 3.38. The van der Waals surface area contributed by atoms with Crippen molar-refractivity contribution < 1.29 is 0 Å². The number of nitrogens with zero attached hydrogens (tertiary/aromatic N) is 3. The molecule has 3 nitrogen and oxygen atoms in total. The van der Waals surface area contributed by atoms with E-state index in [1.165, 1.54) is 11.3 Å². The molecule has 1 heterocycles. The van der Waals surface area contributed by atoms with E-state index in [0.717, 1.165) is 18.8 Å². The molecule has 0 saturated heterocycles. The van der Waals surface area contributed by atoms with E-state index in [4.69, 9.17) is 5.26 Å². The molecule has 1 aromatic heterocycles. The zero-order chi connectivity index (χ0) is 9.68. The molecule has 0 aliphatic heterocycles. The third-order valence-electron chi connectivity index (χ3n) is 2.03. The molecule has 0 N–H and O–H groups in total. The fraction of sp³-hybridized carbons (Fsp3) is 0.556. The van der Waals surface area contributed by atoms with Crippen molar-refractivity contribution in [1.82, 2.24) is 9.88 Å². The average molecular weight is 195 g/mol. The van der Waals surface area contributed by atoms with Crippen molar-refractivity contribution in [3.63, 3.8) is 0 Å². The Balaban J connectivity index is 2.80. The van der Waals surface area contributed by atoms with Gasteiger partial charge in [0.15, 0.2) is 0 Å². The van der Waals surface area contributed by atoms with Crippen LogP contribution in [0, 0.1) is 11.3 Å². The molecular weight excluding hydrogens is 182 g/mol. The van der Waals surface area contributed by atoms with Crippen LogP contribution >= 0.6 is 11.3 Å². The molecule has 0 aliphatic rings. The quantitative estimate of drug-likeness (QED) is 0.738. The number of nitriles is 1. The summed E-state index contributed by atoms with van der Waals surface area (Å²) in [6.07, 6.45) is 0. The van der Waals surface area contributed by atoms with Gasteiger partial charge in [-0.25, -0.2) is 4.98 Å². The molecule has 0 radical (unpaired) electrons. The lowest BCUT2D eigenvalue weighted by molar-refractivity contribution is 0.259. The van der Waals surface area contributed by atoms with Crippen molar-refractivity contribution in [3.05, 3.63) is 16.6 Å². The lowest BCUT2D eigenvalue weighted by atomic mass is 10.2. The van der Waals surface area contributed by atoms with Crippen LogP contribution < -0.4 is 0 Å². The minimum atomic E-state index is -0.179. The highest BCUT2D eigenvalue weighted by molar-refractivity contribution is 7.07. The van der Waals surface area contributed by atoms with Gasteiger partial charge in [-0.2, -0.15) is 5.26 Å². The third-order valence-corrected chi connectivity index (χ3v) is 2.64. The highest BCUT2D eigenvalue weighted by Gasteiger charge is 2.18. The predicted octanol–water partition coefficient (Wildman–Crippen LogP) is 2.05. The van der Waals surface area contributed by atoms with Crippen molar-refractivity contribution >= 4 is 11.3 Å². The molecule has 0 amide bonds. The topological polar surface area (TPSA) is 39.9 Å². The lowest BCUT2D eigenvalue weighted by Crippen LogP contribution is -2.27. The molecule has 1 aromatic rings. The zero-order valence-corrected chi connectivity index (χ0v) is 8.71. The highest BCUT2D eigenvalue weighted by Crippen LogP contribution is 2.18. The van der Waals surface area contributed by atoms with Crippen LogP contribution in [0.5, 0.6) is 0 Å². The van der Waals surface area contributed by atoms with Gasteiger partial charge in [-0.05, 0) is 13.1 Å². The van der Waals surface area contributed by atoms with E-state index in [9.17, 15) is 0 Å². The first kappa shape index (κ1) is 10.2. The van der Waals surface area contributed by atoms with Crippen LogP contribution in [0.4, 0.5) is 0 Å². The van der Waals surface area contributed by atoms with E-state index < -0.39 is 0 Å². The molecule has 0 aliphatic carbocycles. The number of thiazole rings is 1. The fourth-order valence-electron chi connectivity index (χ4n) is 1.28. The third kappa shape index (κ3) is 2.27. The summed E-state index contributed by atoms with van der Waals surface area (Å²) < 4.78 is 0. The Morgan fingerprint density at radius 2 is 2.31 bits per heavy atom. The van der Waals surface area contributed by atoms with Crippen LogP contribution in [0.1, 0.15) is 25.6 Å². The van der Waals surface area contributed by atoms with Gasteiger partial charge >= 0.3 is 0 Å². The second kappa shape index (κ2) is 4.95. The lowest BCUT2D eigenvalue weighted by Gasteiger charge is -2.22. The Bertz CT molecular complexity index is 272. The number of rotatable bonds is 4. The van der Waals surface area contributed by atoms with Crippen LogP contribution in [0.25, 0.3) is 0 Å². The first-order chi connectivity index (χ1) is 6.33. The number of hydrogen-bond donors (Lipinski definition) is 0. The molecule has 70 valence electrons. The smallest absolute Gasteiger partial charge is 0.141 e. The van der Waals surface area contributed by atoms with Gasteiger partial charge in [0, 0.05) is 5.38 Å². The van der Waals surface area contributed by atoms with E-state index in [1.54, 1.807) is 5.51 Å². The normalized spacial score (nSPS) is 12.8. The van der Waals surface area contributed by atoms with E-state index in [2.05, 4.69) is 29.8 Å². The first-order valence-corrected chi connectivity index (χ1v) is 5.29. The van der Waals surface area contributed by atoms with Crippen LogP contribution in [-0.4, -0.2) is 23.0 Å². The average Bonchev–Trinajstić information content (AvgIpc) is 2.66. The van der Waals surface area contributed by atoms with Gasteiger partial charge in [-0.1, -0.05) is 13.8 Å². The molecule has 0 aromatic carbocycles. The molecule has 1 unspecified atom stereocenters. The van der Waals surface area contributed by atoms with Gasteiger partial charge in [-0.3, -0.25) is 4.90 Å². The number of aromatic nitrogens is 1. The largest absolute Gasteiger partial charge is 0.284 e. The van der Waals surface area contributed by atoms with Crippen LogP contribution in [0.2, 0.25) is 0 Å². The van der Waals surface area contributed by atoms with Crippen LogP contribution in [-0.2, 0) is 0 Å². The molecule has 13 heavy (non-hydrogen) atoms. The second-order valence-electron chi connectivity index (χ2n) is 2.67. The van der Waals surface area contributed by atoms with Crippen molar-refractivity contribution in [2.75, 3.05) is 13.1 Å². The predicted molar refractivity (Wildman–Crippen MR) is 53.4 cm³/mol. The van der Waals surface area contributed by atoms with Crippen molar-refractivity contribution in [1.29, 1.82) is 5.26 Å². The summed E-state index contributed by atoms with van der Waals surface area (Å²) >= 11 is 1.53. The minimum Gasteiger partial charge on any atom is -0.284 e. The van der Waals surface area contributed by atoms with E-state index >= 15 is 0 Å². The Kier molecular flexibility index (Phi) is 3.87. The van der Waals surface area contributed by atoms with E-state index in [1.807, 2.05) is 5.38 Å². The standard InChI is InChI=1S/C9H13N3S/c1-3-12(4-2)9(5-10)8-6-13-7-11-8/h6-7,9H,3-4H2,1-2H3. The number of hydrogen-bond acceptors (Lipinski definition) is 4. The van der Waals surface area contributed by atoms with Crippen molar-refractivity contribution in [2.45, 2.75) is 19.9 Å². The summed E-state index contributed by atoms with van der Waals surface area (Å²) in [6, 6.07) is 2.10. The zero-order valence-electron chi connectivity index (χ0n) is 7.90. The van der Waals surface area contributed by atoms with Gasteiger partial charge in [-0.15, -0.1) is 11.3 Å². The molecule has 0 bridgehead atoms. The molecular formula is C9H13N3S. The maximum atomic E-state index is 9.00. The van der Waals surface area contributed by atoms with Crippen LogP contribution in [0.15, 0.2) is 10.9 Å². The summed E-state index contributed by atoms with van der Waals surface area (Å²) in [5.74, 6) is 0. The van der Waals surface area contributed by atoms with Crippen molar-refractivity contribution in [2.24, 2.45) is 0 Å². The molecule has 1 atom stereocenters. The molecule has 1 rings (SSSR count). The van der Waals surface area contributed by atoms with Crippen LogP contribution in [0.3, 0.4) is 0 Å². The minimum absolute atomic E-state index is 0.179. The van der Waals surface area contributed by atoms with Gasteiger partial charge in [0.05, 0.1) is 17.3 Å². The molecule has 0 spiro atoms. The summed E-state index contributed by atoms with van der Waals surface area (Å²) in [6.45, 7) is 5.87. The van der Waals surface area contributed by atoms with E-state index in [0.29, 0.717) is 0 Å². The Labute approximate surface area is 82.6 Å². The first-order valence-electron chi connectivity index (χ1n) is 4.35. The van der Waals surface area contributed by atoms with E-state index in [-0.39, 0.29) is 6.04 Å². The van der Waals surface area contributed by atoms with Crippen molar-refractivity contribution in [3.8, 4) is 6.07 Å². The molecule has 0 saturated carbocycles. The van der Waals surface area contributed by atoms with Gasteiger partial charge in [0.1, 0.15) is 6.04 Å². The maximum Gasteiger partial charge on any atom is 0.141 e. The maximum absolute atomic E-state index is 9.00. The van der Waals surface area contributed by atoms with Gasteiger partial charge < -0.3 is 0 Å². The molecule has 0 fully saturated rings. The summed E-state index contributed by atoms with van der Waals surface area (Å²) in [4.78, 5) is 6.25. The monoisotopic (exact) mass is 195 g/mol.